The van der Waals surface area contributed by atoms with Crippen molar-refractivity contribution in [3.63, 3.8) is 0 Å². The first kappa shape index (κ1) is 14.3. The minimum atomic E-state index is -0.0210. The summed E-state index contributed by atoms with van der Waals surface area (Å²) in [5.74, 6) is 0. The topological polar surface area (TPSA) is 38.0 Å². The lowest BCUT2D eigenvalue weighted by Crippen LogP contribution is -2.08. The molecule has 100 valence electrons. The van der Waals surface area contributed by atoms with Gasteiger partial charge in [0.1, 0.15) is 0 Å². The summed E-state index contributed by atoms with van der Waals surface area (Å²) in [5.41, 5.74) is 7.85. The molecule has 19 heavy (non-hydrogen) atoms. The van der Waals surface area contributed by atoms with E-state index in [1.54, 1.807) is 12.1 Å². The molecule has 3 N–H and O–H groups in total. The van der Waals surface area contributed by atoms with E-state index in [2.05, 4.69) is 5.32 Å². The molecule has 0 radical (unpaired) electrons. The highest BCUT2D eigenvalue weighted by molar-refractivity contribution is 6.39. The third-order valence-electron chi connectivity index (χ3n) is 2.80. The fourth-order valence-corrected chi connectivity index (χ4v) is 2.76. The van der Waals surface area contributed by atoms with Crippen LogP contribution in [0.3, 0.4) is 0 Å². The number of benzene rings is 2. The van der Waals surface area contributed by atoms with Crippen LogP contribution in [0.1, 0.15) is 18.5 Å². The third-order valence-corrected chi connectivity index (χ3v) is 3.74. The van der Waals surface area contributed by atoms with E-state index >= 15 is 0 Å². The number of rotatable bonds is 3. The number of hydrogen-bond donors (Lipinski definition) is 2. The Labute approximate surface area is 127 Å². The SMILES string of the molecule is CC(Nc1c(Cl)cc(N)cc1Cl)c1ccccc1Cl. The number of halogens is 3. The van der Waals surface area contributed by atoms with Gasteiger partial charge in [-0.3, -0.25) is 0 Å². The van der Waals surface area contributed by atoms with Crippen molar-refractivity contribution < 1.29 is 0 Å². The summed E-state index contributed by atoms with van der Waals surface area (Å²) in [5, 5.41) is 4.94. The number of nitrogen functional groups attached to an aromatic ring is 1. The number of nitrogens with two attached hydrogens (primary N) is 1. The Balaban J connectivity index is 2.29. The molecule has 0 saturated carbocycles. The second kappa shape index (κ2) is 5.91. The zero-order valence-corrected chi connectivity index (χ0v) is 12.5. The molecule has 2 nitrogen and oxygen atoms in total. The lowest BCUT2D eigenvalue weighted by atomic mass is 10.1. The van der Waals surface area contributed by atoms with Gasteiger partial charge in [-0.25, -0.2) is 0 Å². The van der Waals surface area contributed by atoms with E-state index in [4.69, 9.17) is 40.5 Å². The Kier molecular flexibility index (Phi) is 4.46. The maximum atomic E-state index is 6.16. The normalized spacial score (nSPS) is 12.2. The van der Waals surface area contributed by atoms with Crippen molar-refractivity contribution in [2.24, 2.45) is 0 Å². The van der Waals surface area contributed by atoms with E-state index in [0.717, 1.165) is 5.56 Å². The molecule has 0 amide bonds. The highest BCUT2D eigenvalue weighted by Crippen LogP contribution is 2.36. The van der Waals surface area contributed by atoms with E-state index < -0.39 is 0 Å². The van der Waals surface area contributed by atoms with Gasteiger partial charge in [0.25, 0.3) is 0 Å². The van der Waals surface area contributed by atoms with Gasteiger partial charge in [0.15, 0.2) is 0 Å². The van der Waals surface area contributed by atoms with Gasteiger partial charge >= 0.3 is 0 Å². The quantitative estimate of drug-likeness (QED) is 0.744. The molecule has 0 aliphatic carbocycles. The van der Waals surface area contributed by atoms with Crippen LogP contribution in [0.2, 0.25) is 15.1 Å². The van der Waals surface area contributed by atoms with Crippen molar-refractivity contribution in [2.75, 3.05) is 11.1 Å². The molecule has 1 atom stereocenters. The Morgan fingerprint density at radius 3 is 2.16 bits per heavy atom. The maximum Gasteiger partial charge on any atom is 0.0725 e. The van der Waals surface area contributed by atoms with Gasteiger partial charge < -0.3 is 11.1 Å². The van der Waals surface area contributed by atoms with Gasteiger partial charge in [-0.1, -0.05) is 53.0 Å². The van der Waals surface area contributed by atoms with Crippen LogP contribution in [0.15, 0.2) is 36.4 Å². The molecule has 2 aromatic rings. The lowest BCUT2D eigenvalue weighted by molar-refractivity contribution is 0.885. The van der Waals surface area contributed by atoms with Crippen LogP contribution >= 0.6 is 34.8 Å². The Hall–Kier alpha value is -1.09. The average Bonchev–Trinajstić information content (AvgIpc) is 2.34. The number of anilines is 2. The van der Waals surface area contributed by atoms with Crippen LogP contribution in [0.5, 0.6) is 0 Å². The van der Waals surface area contributed by atoms with E-state index in [1.165, 1.54) is 0 Å². The predicted octanol–water partition coefficient (Wildman–Crippen LogP) is 5.40. The maximum absolute atomic E-state index is 6.16. The van der Waals surface area contributed by atoms with Gasteiger partial charge in [-0.05, 0) is 30.7 Å². The van der Waals surface area contributed by atoms with Gasteiger partial charge in [0, 0.05) is 10.7 Å². The summed E-state index contributed by atoms with van der Waals surface area (Å²) >= 11 is 18.5. The summed E-state index contributed by atoms with van der Waals surface area (Å²) in [6.45, 7) is 1.99. The fraction of sp³-hybridized carbons (Fsp3) is 0.143. The molecular formula is C14H13Cl3N2. The minimum absolute atomic E-state index is 0.0210. The highest BCUT2D eigenvalue weighted by atomic mass is 35.5. The summed E-state index contributed by atoms with van der Waals surface area (Å²) in [4.78, 5) is 0. The second-order valence-corrected chi connectivity index (χ2v) is 5.47. The predicted molar refractivity (Wildman–Crippen MR) is 84.4 cm³/mol. The van der Waals surface area contributed by atoms with Crippen LogP contribution in [0, 0.1) is 0 Å². The van der Waals surface area contributed by atoms with E-state index in [-0.39, 0.29) is 6.04 Å². The molecule has 0 spiro atoms. The van der Waals surface area contributed by atoms with Crippen molar-refractivity contribution in [3.05, 3.63) is 57.0 Å². The number of nitrogens with one attached hydrogen (secondary N) is 1. The molecule has 0 bridgehead atoms. The molecule has 2 aromatic carbocycles. The smallest absolute Gasteiger partial charge is 0.0725 e. The molecule has 0 aromatic heterocycles. The third kappa shape index (κ3) is 3.27. The van der Waals surface area contributed by atoms with Crippen LogP contribution in [0.4, 0.5) is 11.4 Å². The van der Waals surface area contributed by atoms with Gasteiger partial charge in [-0.15, -0.1) is 0 Å². The van der Waals surface area contributed by atoms with Gasteiger partial charge in [0.05, 0.1) is 21.8 Å². The van der Waals surface area contributed by atoms with Crippen molar-refractivity contribution in [3.8, 4) is 0 Å². The minimum Gasteiger partial charge on any atom is -0.399 e. The Bertz CT molecular complexity index is 576. The highest BCUT2D eigenvalue weighted by Gasteiger charge is 2.13. The largest absolute Gasteiger partial charge is 0.399 e. The molecule has 0 aliphatic heterocycles. The first-order valence-corrected chi connectivity index (χ1v) is 6.88. The molecule has 0 heterocycles. The van der Waals surface area contributed by atoms with Crippen molar-refractivity contribution in [1.29, 1.82) is 0 Å². The van der Waals surface area contributed by atoms with E-state index in [9.17, 15) is 0 Å². The Morgan fingerprint density at radius 1 is 1.00 bits per heavy atom. The molecule has 2 rings (SSSR count). The van der Waals surface area contributed by atoms with Crippen LogP contribution < -0.4 is 11.1 Å². The average molecular weight is 316 g/mol. The summed E-state index contributed by atoms with van der Waals surface area (Å²) in [7, 11) is 0. The summed E-state index contributed by atoms with van der Waals surface area (Å²) in [6.07, 6.45) is 0. The summed E-state index contributed by atoms with van der Waals surface area (Å²) in [6, 6.07) is 10.9. The van der Waals surface area contributed by atoms with Gasteiger partial charge in [0.2, 0.25) is 0 Å². The van der Waals surface area contributed by atoms with Crippen LogP contribution in [-0.2, 0) is 0 Å². The van der Waals surface area contributed by atoms with Crippen LogP contribution in [0.25, 0.3) is 0 Å². The fourth-order valence-electron chi connectivity index (χ4n) is 1.85. The number of hydrogen-bond acceptors (Lipinski definition) is 2. The second-order valence-electron chi connectivity index (χ2n) is 4.25. The van der Waals surface area contributed by atoms with Gasteiger partial charge in [-0.2, -0.15) is 0 Å². The zero-order valence-electron chi connectivity index (χ0n) is 10.3. The lowest BCUT2D eigenvalue weighted by Gasteiger charge is -2.19. The van der Waals surface area contributed by atoms with E-state index in [1.807, 2.05) is 31.2 Å². The Morgan fingerprint density at radius 2 is 1.58 bits per heavy atom. The van der Waals surface area contributed by atoms with Crippen molar-refractivity contribution >= 4 is 46.2 Å². The zero-order chi connectivity index (χ0) is 14.0. The first-order valence-electron chi connectivity index (χ1n) is 5.74. The van der Waals surface area contributed by atoms with E-state index in [0.29, 0.717) is 26.4 Å². The van der Waals surface area contributed by atoms with Crippen LogP contribution in [-0.4, -0.2) is 0 Å². The molecule has 0 aliphatic rings. The van der Waals surface area contributed by atoms with Crippen molar-refractivity contribution in [2.45, 2.75) is 13.0 Å². The standard InChI is InChI=1S/C14H13Cl3N2/c1-8(10-4-2-3-5-11(10)15)19-14-12(16)6-9(18)7-13(14)17/h2-8,19H,18H2,1H3. The molecular weight excluding hydrogens is 303 g/mol. The van der Waals surface area contributed by atoms with Crippen molar-refractivity contribution in [1.82, 2.24) is 0 Å². The first-order chi connectivity index (χ1) is 8.99. The molecule has 5 heteroatoms. The summed E-state index contributed by atoms with van der Waals surface area (Å²) < 4.78 is 0. The monoisotopic (exact) mass is 314 g/mol. The molecule has 0 saturated heterocycles. The molecule has 0 fully saturated rings. The molecule has 1 unspecified atom stereocenters.